The van der Waals surface area contributed by atoms with Gasteiger partial charge in [0.25, 0.3) is 5.91 Å². The summed E-state index contributed by atoms with van der Waals surface area (Å²) in [4.78, 5) is 33.6. The number of piperazine rings is 2. The molecule has 1 aliphatic carbocycles. The molecule has 0 N–H and O–H groups in total. The van der Waals surface area contributed by atoms with E-state index in [1.54, 1.807) is 4.90 Å². The molecule has 29 heavy (non-hydrogen) atoms. The average molecular weight is 423 g/mol. The van der Waals surface area contributed by atoms with Crippen molar-refractivity contribution in [3.63, 3.8) is 0 Å². The number of nitrogens with zero attached hydrogens (tertiary/aromatic N) is 4. The van der Waals surface area contributed by atoms with Crippen LogP contribution >= 0.6 is 11.6 Å². The van der Waals surface area contributed by atoms with E-state index in [1.165, 1.54) is 37.5 Å². The van der Waals surface area contributed by atoms with E-state index in [0.717, 1.165) is 32.2 Å². The van der Waals surface area contributed by atoms with Crippen LogP contribution in [0.1, 0.15) is 29.6 Å². The molecular formula is C21H28ClFN4O2. The summed E-state index contributed by atoms with van der Waals surface area (Å²) in [5.74, 6) is -0.492. The molecule has 0 spiro atoms. The van der Waals surface area contributed by atoms with E-state index in [9.17, 15) is 14.0 Å². The SMILES string of the molecule is O=C(CN1CCN(C(=O)c2ccc(F)c(Cl)c2)CC1)N1CCN(C2CCC2)CC1. The molecule has 6 nitrogen and oxygen atoms in total. The summed E-state index contributed by atoms with van der Waals surface area (Å²) in [7, 11) is 0. The summed E-state index contributed by atoms with van der Waals surface area (Å²) in [6.45, 7) is 6.44. The number of benzene rings is 1. The van der Waals surface area contributed by atoms with Crippen LogP contribution in [0.5, 0.6) is 0 Å². The maximum Gasteiger partial charge on any atom is 0.253 e. The summed E-state index contributed by atoms with van der Waals surface area (Å²) in [6, 6.07) is 4.80. The molecule has 0 radical (unpaired) electrons. The minimum Gasteiger partial charge on any atom is -0.339 e. The Bertz CT molecular complexity index is 757. The van der Waals surface area contributed by atoms with Crippen molar-refractivity contribution in [1.82, 2.24) is 19.6 Å². The quantitative estimate of drug-likeness (QED) is 0.744. The van der Waals surface area contributed by atoms with Crippen molar-refractivity contribution in [2.24, 2.45) is 0 Å². The fourth-order valence-corrected chi connectivity index (χ4v) is 4.48. The van der Waals surface area contributed by atoms with Crippen LogP contribution in [0.15, 0.2) is 18.2 Å². The average Bonchev–Trinajstić information content (AvgIpc) is 2.69. The Kier molecular flexibility index (Phi) is 6.37. The van der Waals surface area contributed by atoms with Crippen molar-refractivity contribution >= 4 is 23.4 Å². The van der Waals surface area contributed by atoms with Crippen LogP contribution in [-0.4, -0.2) is 96.4 Å². The third-order valence-electron chi connectivity index (χ3n) is 6.44. The first kappa shape index (κ1) is 20.6. The lowest BCUT2D eigenvalue weighted by Crippen LogP contribution is -2.56. The van der Waals surface area contributed by atoms with Gasteiger partial charge in [-0.15, -0.1) is 0 Å². The normalized spacial score (nSPS) is 21.9. The Morgan fingerprint density at radius 1 is 0.966 bits per heavy atom. The monoisotopic (exact) mass is 422 g/mol. The minimum atomic E-state index is -0.528. The second-order valence-electron chi connectivity index (χ2n) is 8.20. The van der Waals surface area contributed by atoms with Gasteiger partial charge in [-0.2, -0.15) is 0 Å². The largest absolute Gasteiger partial charge is 0.339 e. The highest BCUT2D eigenvalue weighted by Gasteiger charge is 2.30. The molecule has 1 aromatic carbocycles. The van der Waals surface area contributed by atoms with Gasteiger partial charge in [0.05, 0.1) is 11.6 Å². The number of carbonyl (C=O) groups excluding carboxylic acids is 2. The van der Waals surface area contributed by atoms with E-state index in [4.69, 9.17) is 11.6 Å². The van der Waals surface area contributed by atoms with Gasteiger partial charge in [0.15, 0.2) is 0 Å². The predicted molar refractivity (Wildman–Crippen MR) is 110 cm³/mol. The first-order valence-corrected chi connectivity index (χ1v) is 10.9. The third kappa shape index (κ3) is 4.73. The van der Waals surface area contributed by atoms with Crippen molar-refractivity contribution in [1.29, 1.82) is 0 Å². The molecule has 2 heterocycles. The Balaban J connectivity index is 1.22. The van der Waals surface area contributed by atoms with Crippen LogP contribution < -0.4 is 0 Å². The molecule has 1 saturated carbocycles. The molecule has 2 amide bonds. The Hall–Kier alpha value is -1.70. The highest BCUT2D eigenvalue weighted by atomic mass is 35.5. The maximum absolute atomic E-state index is 13.3. The summed E-state index contributed by atoms with van der Waals surface area (Å²) >= 11 is 5.79. The zero-order valence-electron chi connectivity index (χ0n) is 16.7. The number of rotatable bonds is 4. The molecule has 2 aliphatic heterocycles. The van der Waals surface area contributed by atoms with Crippen molar-refractivity contribution in [3.05, 3.63) is 34.6 Å². The fourth-order valence-electron chi connectivity index (χ4n) is 4.30. The van der Waals surface area contributed by atoms with E-state index in [2.05, 4.69) is 9.80 Å². The molecule has 0 bridgehead atoms. The van der Waals surface area contributed by atoms with Crippen LogP contribution in [0, 0.1) is 5.82 Å². The van der Waals surface area contributed by atoms with Crippen molar-refractivity contribution in [2.75, 3.05) is 58.9 Å². The number of carbonyl (C=O) groups is 2. The number of halogens is 2. The van der Waals surface area contributed by atoms with Gasteiger partial charge in [-0.3, -0.25) is 19.4 Å². The third-order valence-corrected chi connectivity index (χ3v) is 6.73. The van der Waals surface area contributed by atoms with Crippen LogP contribution in [0.3, 0.4) is 0 Å². The summed E-state index contributed by atoms with van der Waals surface area (Å²) in [5, 5.41) is -0.0440. The molecule has 158 valence electrons. The standard InChI is InChI=1S/C21H28ClFN4O2/c22-18-14-16(4-5-19(18)23)21(29)27-8-6-24(7-9-27)15-20(28)26-12-10-25(11-13-26)17-2-1-3-17/h4-5,14,17H,1-3,6-13,15H2. The molecule has 8 heteroatoms. The van der Waals surface area contributed by atoms with Crippen LogP contribution in [-0.2, 0) is 4.79 Å². The van der Waals surface area contributed by atoms with Gasteiger partial charge in [-0.05, 0) is 31.0 Å². The van der Waals surface area contributed by atoms with Crippen LogP contribution in [0.2, 0.25) is 5.02 Å². The molecule has 0 atom stereocenters. The zero-order valence-corrected chi connectivity index (χ0v) is 17.4. The van der Waals surface area contributed by atoms with E-state index in [-0.39, 0.29) is 16.8 Å². The van der Waals surface area contributed by atoms with Crippen LogP contribution in [0.25, 0.3) is 0 Å². The summed E-state index contributed by atoms with van der Waals surface area (Å²) < 4.78 is 13.3. The van der Waals surface area contributed by atoms with Gasteiger partial charge in [-0.1, -0.05) is 18.0 Å². The topological polar surface area (TPSA) is 47.1 Å². The van der Waals surface area contributed by atoms with E-state index >= 15 is 0 Å². The number of hydrogen-bond donors (Lipinski definition) is 0. The Morgan fingerprint density at radius 3 is 2.21 bits per heavy atom. The van der Waals surface area contributed by atoms with Gasteiger partial charge in [0.1, 0.15) is 5.82 Å². The lowest BCUT2D eigenvalue weighted by molar-refractivity contribution is -0.135. The highest BCUT2D eigenvalue weighted by Crippen LogP contribution is 2.25. The summed E-state index contributed by atoms with van der Waals surface area (Å²) in [5.41, 5.74) is 0.394. The van der Waals surface area contributed by atoms with Gasteiger partial charge >= 0.3 is 0 Å². The molecule has 0 aromatic heterocycles. The van der Waals surface area contributed by atoms with Gasteiger partial charge < -0.3 is 9.80 Å². The fraction of sp³-hybridized carbons (Fsp3) is 0.619. The smallest absolute Gasteiger partial charge is 0.253 e. The molecular weight excluding hydrogens is 395 g/mol. The van der Waals surface area contributed by atoms with E-state index in [1.807, 2.05) is 4.90 Å². The van der Waals surface area contributed by atoms with Crippen molar-refractivity contribution < 1.29 is 14.0 Å². The zero-order chi connectivity index (χ0) is 20.4. The van der Waals surface area contributed by atoms with Gasteiger partial charge in [-0.25, -0.2) is 4.39 Å². The summed E-state index contributed by atoms with van der Waals surface area (Å²) in [6.07, 6.45) is 3.95. The van der Waals surface area contributed by atoms with Crippen molar-refractivity contribution in [2.45, 2.75) is 25.3 Å². The Morgan fingerprint density at radius 2 is 1.62 bits per heavy atom. The van der Waals surface area contributed by atoms with Gasteiger partial charge in [0, 0.05) is 64.0 Å². The predicted octanol–water partition coefficient (Wildman–Crippen LogP) is 1.93. The van der Waals surface area contributed by atoms with E-state index < -0.39 is 5.82 Å². The second-order valence-corrected chi connectivity index (χ2v) is 8.61. The van der Waals surface area contributed by atoms with Gasteiger partial charge in [0.2, 0.25) is 5.91 Å². The number of amides is 2. The minimum absolute atomic E-state index is 0.0440. The molecule has 3 aliphatic rings. The maximum atomic E-state index is 13.3. The first-order chi connectivity index (χ1) is 14.0. The highest BCUT2D eigenvalue weighted by molar-refractivity contribution is 6.31. The van der Waals surface area contributed by atoms with E-state index in [0.29, 0.717) is 38.3 Å². The number of hydrogen-bond acceptors (Lipinski definition) is 4. The Labute approximate surface area is 176 Å². The molecule has 0 unspecified atom stereocenters. The molecule has 1 aromatic rings. The van der Waals surface area contributed by atoms with Crippen molar-refractivity contribution in [3.8, 4) is 0 Å². The lowest BCUT2D eigenvalue weighted by Gasteiger charge is -2.43. The lowest BCUT2D eigenvalue weighted by atomic mass is 9.91. The molecule has 4 rings (SSSR count). The first-order valence-electron chi connectivity index (χ1n) is 10.5. The molecule has 3 fully saturated rings. The second kappa shape index (κ2) is 8.98. The van der Waals surface area contributed by atoms with Crippen LogP contribution in [0.4, 0.5) is 4.39 Å². The molecule has 2 saturated heterocycles.